The van der Waals surface area contributed by atoms with E-state index in [1.807, 2.05) is 6.07 Å². The molecule has 2 aromatic heterocycles. The van der Waals surface area contributed by atoms with Gasteiger partial charge in [-0.05, 0) is 47.8 Å². The van der Waals surface area contributed by atoms with Gasteiger partial charge in [0.05, 0.1) is 11.9 Å². The summed E-state index contributed by atoms with van der Waals surface area (Å²) in [6.07, 6.45) is 1.26. The number of pyridine rings is 1. The van der Waals surface area contributed by atoms with Gasteiger partial charge in [-0.3, -0.25) is 4.79 Å². The van der Waals surface area contributed by atoms with E-state index in [0.29, 0.717) is 11.5 Å². The molecule has 0 saturated carbocycles. The number of hydrogen-bond acceptors (Lipinski definition) is 3. The van der Waals surface area contributed by atoms with Crippen LogP contribution in [0.3, 0.4) is 0 Å². The highest BCUT2D eigenvalue weighted by Crippen LogP contribution is 2.28. The van der Waals surface area contributed by atoms with Crippen LogP contribution < -0.4 is 5.56 Å². The first-order valence-electron chi connectivity index (χ1n) is 6.80. The van der Waals surface area contributed by atoms with Gasteiger partial charge in [-0.15, -0.1) is 0 Å². The zero-order valence-corrected chi connectivity index (χ0v) is 14.3. The number of aryl methyl sites for hydroxylation is 2. The lowest BCUT2D eigenvalue weighted by molar-refractivity contribution is 0.0158. The third-order valence-electron chi connectivity index (χ3n) is 3.42. The number of alkyl halides is 2. The van der Waals surface area contributed by atoms with Gasteiger partial charge in [0, 0.05) is 22.5 Å². The summed E-state index contributed by atoms with van der Waals surface area (Å²) in [7, 11) is 0. The molecule has 0 aromatic carbocycles. The van der Waals surface area contributed by atoms with Gasteiger partial charge in [-0.1, -0.05) is 6.92 Å². The second-order valence-electron chi connectivity index (χ2n) is 5.19. The third kappa shape index (κ3) is 2.95. The van der Waals surface area contributed by atoms with Gasteiger partial charge in [0.25, 0.3) is 11.5 Å². The van der Waals surface area contributed by atoms with Gasteiger partial charge < -0.3 is 0 Å². The van der Waals surface area contributed by atoms with Crippen LogP contribution in [0.1, 0.15) is 36.2 Å². The van der Waals surface area contributed by atoms with E-state index < -0.39 is 11.5 Å². The first-order valence-corrected chi connectivity index (χ1v) is 7.59. The van der Waals surface area contributed by atoms with E-state index in [9.17, 15) is 13.6 Å². The Morgan fingerprint density at radius 2 is 2.00 bits per heavy atom. The van der Waals surface area contributed by atoms with E-state index in [0.717, 1.165) is 27.8 Å². The molecule has 118 valence electrons. The minimum Gasteiger partial charge on any atom is -0.267 e. The van der Waals surface area contributed by atoms with Gasteiger partial charge in [-0.25, -0.2) is 13.8 Å². The highest BCUT2D eigenvalue weighted by Gasteiger charge is 2.30. The molecule has 22 heavy (non-hydrogen) atoms. The summed E-state index contributed by atoms with van der Waals surface area (Å²) in [6.45, 7) is 6.01. The molecular formula is C15H16BrF2N3O. The molecule has 0 aliphatic rings. The van der Waals surface area contributed by atoms with Gasteiger partial charge in [-0.2, -0.15) is 9.78 Å². The Morgan fingerprint density at radius 1 is 1.36 bits per heavy atom. The van der Waals surface area contributed by atoms with Crippen LogP contribution in [0, 0.1) is 13.8 Å². The second-order valence-corrected chi connectivity index (χ2v) is 6.05. The molecule has 0 unspecified atom stereocenters. The van der Waals surface area contributed by atoms with Crippen LogP contribution in [0.15, 0.2) is 21.5 Å². The number of nitrogens with zero attached hydrogens (tertiary/aromatic N) is 3. The number of halogens is 3. The lowest BCUT2D eigenvalue weighted by Gasteiger charge is -2.16. The van der Waals surface area contributed by atoms with E-state index in [1.165, 1.54) is 0 Å². The molecule has 0 aliphatic heterocycles. The van der Waals surface area contributed by atoms with E-state index in [1.54, 1.807) is 20.8 Å². The van der Waals surface area contributed by atoms with Crippen LogP contribution in [0.5, 0.6) is 0 Å². The molecule has 4 nitrogen and oxygen atoms in total. The maximum Gasteiger partial charge on any atom is 0.276 e. The highest BCUT2D eigenvalue weighted by molar-refractivity contribution is 9.10. The van der Waals surface area contributed by atoms with Crippen molar-refractivity contribution >= 4 is 15.9 Å². The lowest BCUT2D eigenvalue weighted by atomic mass is 10.0. The van der Waals surface area contributed by atoms with Crippen molar-refractivity contribution in [2.45, 2.75) is 40.0 Å². The fourth-order valence-electron chi connectivity index (χ4n) is 2.23. The van der Waals surface area contributed by atoms with Gasteiger partial charge in [0.15, 0.2) is 5.82 Å². The van der Waals surface area contributed by atoms with Gasteiger partial charge in [0.1, 0.15) is 0 Å². The summed E-state index contributed by atoms with van der Waals surface area (Å²) in [4.78, 5) is 16.9. The first-order chi connectivity index (χ1) is 10.2. The third-order valence-corrected chi connectivity index (χ3v) is 4.22. The van der Waals surface area contributed by atoms with E-state index in [4.69, 9.17) is 0 Å². The molecule has 0 aliphatic carbocycles. The predicted octanol–water partition coefficient (Wildman–Crippen LogP) is 3.68. The molecule has 0 spiro atoms. The summed E-state index contributed by atoms with van der Waals surface area (Å²) >= 11 is 3.37. The Balaban J connectivity index is 2.74. The molecule has 7 heteroatoms. The van der Waals surface area contributed by atoms with Crippen molar-refractivity contribution in [1.29, 1.82) is 0 Å². The van der Waals surface area contributed by atoms with Crippen LogP contribution in [-0.2, 0) is 12.3 Å². The van der Waals surface area contributed by atoms with Crippen molar-refractivity contribution in [3.63, 3.8) is 0 Å². The lowest BCUT2D eigenvalue weighted by Crippen LogP contribution is -2.30. The topological polar surface area (TPSA) is 47.8 Å². The highest BCUT2D eigenvalue weighted by atomic mass is 79.9. The zero-order chi connectivity index (χ0) is 16.7. The smallest absolute Gasteiger partial charge is 0.267 e. The first kappa shape index (κ1) is 16.7. The summed E-state index contributed by atoms with van der Waals surface area (Å²) < 4.78 is 29.1. The summed E-state index contributed by atoms with van der Waals surface area (Å²) in [5, 5.41) is 3.90. The number of aromatic nitrogens is 3. The van der Waals surface area contributed by atoms with Crippen molar-refractivity contribution in [1.82, 2.24) is 14.8 Å². The predicted molar refractivity (Wildman–Crippen MR) is 83.7 cm³/mol. The number of hydrogen-bond donors (Lipinski definition) is 0. The molecule has 0 saturated heterocycles. The molecule has 2 heterocycles. The Kier molecular flexibility index (Phi) is 4.47. The fraction of sp³-hybridized carbons (Fsp3) is 0.400. The Bertz CT molecular complexity index is 782. The van der Waals surface area contributed by atoms with Crippen molar-refractivity contribution in [3.05, 3.63) is 49.5 Å². The summed E-state index contributed by atoms with van der Waals surface area (Å²) in [6, 6.07) is 1.82. The molecule has 0 atom stereocenters. The van der Waals surface area contributed by atoms with Crippen molar-refractivity contribution in [2.24, 2.45) is 0 Å². The van der Waals surface area contributed by atoms with Crippen LogP contribution in [0.4, 0.5) is 8.78 Å². The molecule has 2 rings (SSSR count). The molecule has 2 aromatic rings. The van der Waals surface area contributed by atoms with Crippen LogP contribution in [-0.4, -0.2) is 14.8 Å². The Morgan fingerprint density at radius 3 is 2.55 bits per heavy atom. The van der Waals surface area contributed by atoms with Crippen LogP contribution >= 0.6 is 15.9 Å². The minimum absolute atomic E-state index is 0.0595. The van der Waals surface area contributed by atoms with Gasteiger partial charge >= 0.3 is 0 Å². The second kappa shape index (κ2) is 5.87. The Labute approximate surface area is 135 Å². The fourth-order valence-corrected chi connectivity index (χ4v) is 2.67. The van der Waals surface area contributed by atoms with Gasteiger partial charge in [0.2, 0.25) is 0 Å². The van der Waals surface area contributed by atoms with E-state index >= 15 is 0 Å². The van der Waals surface area contributed by atoms with Crippen LogP contribution in [0.2, 0.25) is 0 Å². The van der Waals surface area contributed by atoms with Crippen molar-refractivity contribution in [2.75, 3.05) is 0 Å². The van der Waals surface area contributed by atoms with E-state index in [2.05, 4.69) is 26.0 Å². The minimum atomic E-state index is -3.10. The molecule has 0 radical (unpaired) electrons. The monoisotopic (exact) mass is 371 g/mol. The summed E-state index contributed by atoms with van der Waals surface area (Å²) in [5.41, 5.74) is 0.591. The molecule has 0 N–H and O–H groups in total. The largest absolute Gasteiger partial charge is 0.276 e. The van der Waals surface area contributed by atoms with E-state index in [-0.39, 0.29) is 17.5 Å². The average Bonchev–Trinajstić information content (AvgIpc) is 2.42. The average molecular weight is 372 g/mol. The quantitative estimate of drug-likeness (QED) is 0.826. The molecule has 0 fully saturated rings. The Hall–Kier alpha value is -1.63. The summed E-state index contributed by atoms with van der Waals surface area (Å²) in [5.74, 6) is -2.75. The standard InChI is InChI=1S/C15H16BrF2N3O/c1-5-10-11(15(4,17)18)7-19-21(14(10)22)13-8(2)6-12(16)9(3)20-13/h6-7H,5H2,1-4H3. The molecule has 0 bridgehead atoms. The maximum atomic E-state index is 13.6. The normalized spacial score (nSPS) is 11.8. The molecule has 0 amide bonds. The number of rotatable bonds is 3. The van der Waals surface area contributed by atoms with Crippen molar-refractivity contribution in [3.8, 4) is 5.82 Å². The maximum absolute atomic E-state index is 13.6. The molecular weight excluding hydrogens is 356 g/mol. The van der Waals surface area contributed by atoms with Crippen LogP contribution in [0.25, 0.3) is 5.82 Å². The van der Waals surface area contributed by atoms with Crippen molar-refractivity contribution < 1.29 is 8.78 Å². The SMILES string of the molecule is CCc1c(C(C)(F)F)cnn(-c2nc(C)c(Br)cc2C)c1=O. The zero-order valence-electron chi connectivity index (χ0n) is 12.7.